The summed E-state index contributed by atoms with van der Waals surface area (Å²) in [6, 6.07) is 8.84. The highest BCUT2D eigenvalue weighted by Crippen LogP contribution is 2.17. The van der Waals surface area contributed by atoms with Gasteiger partial charge in [0.15, 0.2) is 0 Å². The summed E-state index contributed by atoms with van der Waals surface area (Å²) in [7, 11) is 0. The number of halogens is 1. The number of hydrogen-bond donors (Lipinski definition) is 0. The Morgan fingerprint density at radius 1 is 1.19 bits per heavy atom. The van der Waals surface area contributed by atoms with Crippen molar-refractivity contribution < 1.29 is 23.6 Å². The third-order valence-corrected chi connectivity index (χ3v) is 3.36. The highest BCUT2D eigenvalue weighted by atomic mass is 35.5. The van der Waals surface area contributed by atoms with Gasteiger partial charge in [-0.3, -0.25) is 9.59 Å². The quantitative estimate of drug-likeness (QED) is 0.371. The van der Waals surface area contributed by atoms with E-state index in [2.05, 4.69) is 10.1 Å². The minimum Gasteiger partial charge on any atom is -0.462 e. The lowest BCUT2D eigenvalue weighted by Crippen LogP contribution is -2.14. The molecule has 0 unspecified atom stereocenters. The number of nitrogens with zero attached hydrogens (tertiary/aromatic N) is 3. The van der Waals surface area contributed by atoms with E-state index in [0.29, 0.717) is 17.0 Å². The normalized spacial score (nSPS) is 10.2. The smallest absolute Gasteiger partial charge is 0.307 e. The largest absolute Gasteiger partial charge is 0.462 e. The van der Waals surface area contributed by atoms with Crippen molar-refractivity contribution in [3.8, 4) is 17.5 Å². The van der Waals surface area contributed by atoms with Crippen molar-refractivity contribution in [2.45, 2.75) is 19.3 Å². The van der Waals surface area contributed by atoms with Gasteiger partial charge in [-0.05, 0) is 12.1 Å². The van der Waals surface area contributed by atoms with Crippen LogP contribution in [0.5, 0.6) is 0 Å². The van der Waals surface area contributed by atoms with Crippen LogP contribution in [-0.4, -0.2) is 41.2 Å². The predicted molar refractivity (Wildman–Crippen MR) is 90.0 cm³/mol. The summed E-state index contributed by atoms with van der Waals surface area (Å²) in [5.41, 5.74) is 1.14. The van der Waals surface area contributed by atoms with Gasteiger partial charge in [0.25, 0.3) is 0 Å². The van der Waals surface area contributed by atoms with Crippen LogP contribution in [0.1, 0.15) is 24.3 Å². The molecule has 0 aliphatic rings. The molecule has 26 heavy (non-hydrogen) atoms. The molecule has 136 valence electrons. The molecule has 0 saturated carbocycles. The molecular formula is C17H16ClN3O5. The van der Waals surface area contributed by atoms with Gasteiger partial charge in [-0.2, -0.15) is 10.2 Å². The van der Waals surface area contributed by atoms with Crippen LogP contribution in [0.3, 0.4) is 0 Å². The van der Waals surface area contributed by atoms with Crippen LogP contribution in [-0.2, 0) is 25.5 Å². The van der Waals surface area contributed by atoms with Crippen molar-refractivity contribution in [1.82, 2.24) is 10.1 Å². The topological polar surface area (TPSA) is 115 Å². The highest BCUT2D eigenvalue weighted by Gasteiger charge is 2.12. The first-order valence-corrected chi connectivity index (χ1v) is 8.36. The molecule has 2 aromatic rings. The summed E-state index contributed by atoms with van der Waals surface area (Å²) in [6.45, 7) is -0.0374. The summed E-state index contributed by atoms with van der Waals surface area (Å²) in [5.74, 6) is -0.0879. The molecule has 0 spiro atoms. The van der Waals surface area contributed by atoms with E-state index in [4.69, 9.17) is 30.9 Å². The maximum Gasteiger partial charge on any atom is 0.307 e. The fourth-order valence-electron chi connectivity index (χ4n) is 1.94. The number of rotatable bonds is 9. The first-order valence-electron chi connectivity index (χ1n) is 7.82. The average Bonchev–Trinajstić information content (AvgIpc) is 3.13. The Hall–Kier alpha value is -2.92. The lowest BCUT2D eigenvalue weighted by molar-refractivity contribution is -0.152. The van der Waals surface area contributed by atoms with Gasteiger partial charge in [-0.15, -0.1) is 11.6 Å². The summed E-state index contributed by atoms with van der Waals surface area (Å²) in [6.07, 6.45) is 0.386. The Labute approximate surface area is 154 Å². The SMILES string of the molecule is N#Cc1cccc(-c2noc(CCC(=O)OCCOC(=O)CCCl)n2)c1. The number of benzene rings is 1. The molecule has 1 heterocycles. The number of carbonyl (C=O) groups excluding carboxylic acids is 2. The van der Waals surface area contributed by atoms with Gasteiger partial charge < -0.3 is 14.0 Å². The summed E-state index contributed by atoms with van der Waals surface area (Å²) in [4.78, 5) is 26.9. The van der Waals surface area contributed by atoms with Crippen LogP contribution in [0, 0.1) is 11.3 Å². The molecule has 0 fully saturated rings. The van der Waals surface area contributed by atoms with Gasteiger partial charge in [-0.1, -0.05) is 17.3 Å². The molecule has 0 aliphatic heterocycles. The Bertz CT molecular complexity index is 800. The molecule has 0 atom stereocenters. The van der Waals surface area contributed by atoms with Crippen LogP contribution in [0.15, 0.2) is 28.8 Å². The van der Waals surface area contributed by atoms with E-state index in [1.165, 1.54) is 0 Å². The third-order valence-electron chi connectivity index (χ3n) is 3.17. The van der Waals surface area contributed by atoms with E-state index in [1.54, 1.807) is 24.3 Å². The zero-order valence-electron chi connectivity index (χ0n) is 13.8. The fraction of sp³-hybridized carbons (Fsp3) is 0.353. The number of ether oxygens (including phenoxy) is 2. The molecule has 0 bridgehead atoms. The highest BCUT2D eigenvalue weighted by molar-refractivity contribution is 6.18. The number of carbonyl (C=O) groups is 2. The summed E-state index contributed by atoms with van der Waals surface area (Å²) >= 11 is 5.39. The number of alkyl halides is 1. The molecule has 0 saturated heterocycles. The van der Waals surface area contributed by atoms with Crippen LogP contribution in [0.4, 0.5) is 0 Å². The maximum atomic E-state index is 11.6. The number of esters is 2. The number of hydrogen-bond acceptors (Lipinski definition) is 8. The summed E-state index contributed by atoms with van der Waals surface area (Å²) in [5, 5.41) is 12.7. The van der Waals surface area contributed by atoms with E-state index in [-0.39, 0.29) is 44.2 Å². The van der Waals surface area contributed by atoms with Gasteiger partial charge >= 0.3 is 11.9 Å². The lowest BCUT2D eigenvalue weighted by Gasteiger charge is -2.05. The van der Waals surface area contributed by atoms with E-state index in [1.807, 2.05) is 6.07 Å². The second kappa shape index (κ2) is 10.2. The van der Waals surface area contributed by atoms with Crippen molar-refractivity contribution >= 4 is 23.5 Å². The second-order valence-electron chi connectivity index (χ2n) is 5.08. The standard InChI is InChI=1S/C17H16ClN3O5/c18-7-6-16(23)25-9-8-24-15(22)5-4-14-20-17(21-26-14)13-3-1-2-12(10-13)11-19/h1-3,10H,4-9H2. The van der Waals surface area contributed by atoms with E-state index in [0.717, 1.165) is 0 Å². The van der Waals surface area contributed by atoms with Gasteiger partial charge in [0.05, 0.1) is 24.5 Å². The van der Waals surface area contributed by atoms with Crippen molar-refractivity contribution in [1.29, 1.82) is 5.26 Å². The molecular weight excluding hydrogens is 362 g/mol. The summed E-state index contributed by atoms with van der Waals surface area (Å²) < 4.78 is 14.8. The number of aryl methyl sites for hydroxylation is 1. The number of aromatic nitrogens is 2. The number of nitriles is 1. The van der Waals surface area contributed by atoms with Gasteiger partial charge in [0, 0.05) is 17.9 Å². The predicted octanol–water partition coefficient (Wildman–Crippen LogP) is 2.26. The van der Waals surface area contributed by atoms with E-state index in [9.17, 15) is 9.59 Å². The zero-order chi connectivity index (χ0) is 18.8. The fourth-order valence-corrected chi connectivity index (χ4v) is 2.10. The first kappa shape index (κ1) is 19.4. The monoisotopic (exact) mass is 377 g/mol. The maximum absolute atomic E-state index is 11.6. The molecule has 0 N–H and O–H groups in total. The molecule has 0 amide bonds. The van der Waals surface area contributed by atoms with Crippen LogP contribution in [0.25, 0.3) is 11.4 Å². The van der Waals surface area contributed by atoms with Crippen LogP contribution < -0.4 is 0 Å². The Morgan fingerprint density at radius 2 is 1.92 bits per heavy atom. The molecule has 1 aromatic heterocycles. The molecule has 0 aliphatic carbocycles. The molecule has 2 rings (SSSR count). The van der Waals surface area contributed by atoms with Crippen LogP contribution in [0.2, 0.25) is 0 Å². The van der Waals surface area contributed by atoms with Gasteiger partial charge in [0.1, 0.15) is 13.2 Å². The van der Waals surface area contributed by atoms with Gasteiger partial charge in [0.2, 0.25) is 11.7 Å². The first-order chi connectivity index (χ1) is 12.6. The van der Waals surface area contributed by atoms with E-state index >= 15 is 0 Å². The Balaban J connectivity index is 1.74. The van der Waals surface area contributed by atoms with Crippen molar-refractivity contribution in [3.63, 3.8) is 0 Å². The van der Waals surface area contributed by atoms with E-state index < -0.39 is 11.9 Å². The molecule has 9 heteroatoms. The van der Waals surface area contributed by atoms with Crippen molar-refractivity contribution in [2.75, 3.05) is 19.1 Å². The van der Waals surface area contributed by atoms with Crippen LogP contribution >= 0.6 is 11.6 Å². The molecule has 1 aromatic carbocycles. The Kier molecular flexibility index (Phi) is 7.58. The minimum absolute atomic E-state index is 0.0125. The molecule has 0 radical (unpaired) electrons. The third kappa shape index (κ3) is 6.18. The van der Waals surface area contributed by atoms with Gasteiger partial charge in [-0.25, -0.2) is 0 Å². The van der Waals surface area contributed by atoms with Crippen molar-refractivity contribution in [2.24, 2.45) is 0 Å². The second-order valence-corrected chi connectivity index (χ2v) is 5.46. The van der Waals surface area contributed by atoms with Crippen molar-refractivity contribution in [3.05, 3.63) is 35.7 Å². The zero-order valence-corrected chi connectivity index (χ0v) is 14.6. The lowest BCUT2D eigenvalue weighted by atomic mass is 10.1. The Morgan fingerprint density at radius 3 is 2.62 bits per heavy atom. The minimum atomic E-state index is -0.468. The average molecular weight is 378 g/mol. The molecule has 8 nitrogen and oxygen atoms in total.